The van der Waals surface area contributed by atoms with Crippen molar-refractivity contribution in [3.63, 3.8) is 0 Å². The summed E-state index contributed by atoms with van der Waals surface area (Å²) in [4.78, 5) is 3.89. The van der Waals surface area contributed by atoms with Crippen molar-refractivity contribution >= 4 is 21.6 Å². The van der Waals surface area contributed by atoms with Crippen molar-refractivity contribution in [3.8, 4) is 0 Å². The van der Waals surface area contributed by atoms with Crippen molar-refractivity contribution in [1.82, 2.24) is 9.71 Å². The highest BCUT2D eigenvalue weighted by Gasteiger charge is 2.13. The van der Waals surface area contributed by atoms with E-state index in [1.165, 1.54) is 0 Å². The third-order valence-electron chi connectivity index (χ3n) is 1.68. The topological polar surface area (TPSA) is 59.1 Å². The maximum absolute atomic E-state index is 11.1. The number of aromatic nitrogens is 1. The Morgan fingerprint density at radius 3 is 2.86 bits per heavy atom. The lowest BCUT2D eigenvalue weighted by Crippen LogP contribution is -2.27. The molecule has 0 saturated carbocycles. The molecule has 0 aliphatic carbocycles. The lowest BCUT2D eigenvalue weighted by molar-refractivity contribution is 0.571. The zero-order valence-corrected chi connectivity index (χ0v) is 9.22. The van der Waals surface area contributed by atoms with Crippen molar-refractivity contribution in [3.05, 3.63) is 30.1 Å². The standard InChI is InChI=1S/C8H11ClN2O2S/c1-7(11-14(12,13)6-9)8-3-2-4-10-5-8/h2-5,7,11H,6H2,1H3. The van der Waals surface area contributed by atoms with Gasteiger partial charge in [0.1, 0.15) is 5.21 Å². The van der Waals surface area contributed by atoms with Crippen LogP contribution in [-0.2, 0) is 10.0 Å². The molecule has 0 saturated heterocycles. The summed E-state index contributed by atoms with van der Waals surface area (Å²) in [6.45, 7) is 1.74. The minimum atomic E-state index is -3.38. The van der Waals surface area contributed by atoms with Gasteiger partial charge in [0.25, 0.3) is 0 Å². The predicted octanol–water partition coefficient (Wildman–Crippen LogP) is 1.26. The Balaban J connectivity index is 2.74. The minimum absolute atomic E-state index is 0.313. The van der Waals surface area contributed by atoms with Gasteiger partial charge in [0.2, 0.25) is 10.0 Å². The van der Waals surface area contributed by atoms with Gasteiger partial charge in [0.05, 0.1) is 0 Å². The van der Waals surface area contributed by atoms with Crippen LogP contribution in [0.25, 0.3) is 0 Å². The predicted molar refractivity (Wildman–Crippen MR) is 55.4 cm³/mol. The van der Waals surface area contributed by atoms with Gasteiger partial charge >= 0.3 is 0 Å². The summed E-state index contributed by atoms with van der Waals surface area (Å²) in [5.41, 5.74) is 0.807. The fraction of sp³-hybridized carbons (Fsp3) is 0.375. The molecule has 0 bridgehead atoms. The Bertz CT molecular complexity index is 380. The van der Waals surface area contributed by atoms with E-state index in [1.54, 1.807) is 31.5 Å². The van der Waals surface area contributed by atoms with Crippen LogP contribution >= 0.6 is 11.6 Å². The molecule has 0 amide bonds. The number of nitrogens with zero attached hydrogens (tertiary/aromatic N) is 1. The fourth-order valence-electron chi connectivity index (χ4n) is 1.00. The smallest absolute Gasteiger partial charge is 0.226 e. The van der Waals surface area contributed by atoms with Crippen molar-refractivity contribution in [2.24, 2.45) is 0 Å². The van der Waals surface area contributed by atoms with Crippen LogP contribution in [0.4, 0.5) is 0 Å². The molecule has 78 valence electrons. The molecule has 1 aromatic rings. The number of pyridine rings is 1. The van der Waals surface area contributed by atoms with Gasteiger partial charge < -0.3 is 0 Å². The van der Waals surface area contributed by atoms with E-state index < -0.39 is 15.2 Å². The first-order valence-corrected chi connectivity index (χ1v) is 6.20. The number of halogens is 1. The third-order valence-corrected chi connectivity index (χ3v) is 3.55. The molecule has 1 unspecified atom stereocenters. The molecule has 0 fully saturated rings. The average Bonchev–Trinajstić information content (AvgIpc) is 2.19. The highest BCUT2D eigenvalue weighted by atomic mass is 35.5. The van der Waals surface area contributed by atoms with E-state index in [2.05, 4.69) is 9.71 Å². The Hall–Kier alpha value is -0.650. The van der Waals surface area contributed by atoms with Crippen LogP contribution in [0.2, 0.25) is 0 Å². The number of rotatable bonds is 4. The van der Waals surface area contributed by atoms with Gasteiger partial charge in [-0.2, -0.15) is 0 Å². The van der Waals surface area contributed by atoms with E-state index in [0.717, 1.165) is 5.56 Å². The molecule has 14 heavy (non-hydrogen) atoms. The molecular formula is C8H11ClN2O2S. The second-order valence-corrected chi connectivity index (χ2v) is 5.19. The molecule has 0 aliphatic rings. The van der Waals surface area contributed by atoms with Crippen molar-refractivity contribution in [1.29, 1.82) is 0 Å². The molecule has 0 aromatic carbocycles. The zero-order valence-electron chi connectivity index (χ0n) is 7.64. The molecule has 0 radical (unpaired) electrons. The number of hydrogen-bond acceptors (Lipinski definition) is 3. The van der Waals surface area contributed by atoms with Gasteiger partial charge in [-0.1, -0.05) is 6.07 Å². The second-order valence-electron chi connectivity index (χ2n) is 2.85. The summed E-state index contributed by atoms with van der Waals surface area (Å²) in [5.74, 6) is 0. The Morgan fingerprint density at radius 2 is 2.36 bits per heavy atom. The summed E-state index contributed by atoms with van der Waals surface area (Å²) in [6, 6.07) is 3.24. The molecule has 1 heterocycles. The van der Waals surface area contributed by atoms with Gasteiger partial charge in [0.15, 0.2) is 0 Å². The fourth-order valence-corrected chi connectivity index (χ4v) is 1.93. The van der Waals surface area contributed by atoms with Crippen LogP contribution in [0.1, 0.15) is 18.5 Å². The van der Waals surface area contributed by atoms with Crippen LogP contribution in [0.5, 0.6) is 0 Å². The minimum Gasteiger partial charge on any atom is -0.264 e. The SMILES string of the molecule is CC(NS(=O)(=O)CCl)c1cccnc1. The first-order chi connectivity index (χ1) is 6.55. The van der Waals surface area contributed by atoms with E-state index in [1.807, 2.05) is 0 Å². The molecule has 1 aromatic heterocycles. The Kier molecular flexibility index (Phi) is 3.86. The molecular weight excluding hydrogens is 224 g/mol. The van der Waals surface area contributed by atoms with E-state index in [4.69, 9.17) is 11.6 Å². The summed E-state index contributed by atoms with van der Waals surface area (Å²) in [7, 11) is -3.38. The average molecular weight is 235 g/mol. The number of hydrogen-bond donors (Lipinski definition) is 1. The second kappa shape index (κ2) is 4.72. The first kappa shape index (κ1) is 11.4. The van der Waals surface area contributed by atoms with E-state index >= 15 is 0 Å². The normalized spacial score (nSPS) is 13.9. The van der Waals surface area contributed by atoms with E-state index in [-0.39, 0.29) is 6.04 Å². The maximum Gasteiger partial charge on any atom is 0.226 e. The molecule has 0 aliphatic heterocycles. The van der Waals surface area contributed by atoms with E-state index in [9.17, 15) is 8.42 Å². The van der Waals surface area contributed by atoms with Crippen LogP contribution in [-0.4, -0.2) is 18.6 Å². The molecule has 1 rings (SSSR count). The van der Waals surface area contributed by atoms with E-state index in [0.29, 0.717) is 0 Å². The van der Waals surface area contributed by atoms with Gasteiger partial charge in [-0.15, -0.1) is 11.6 Å². The third kappa shape index (κ3) is 3.25. The number of nitrogens with one attached hydrogen (secondary N) is 1. The van der Waals surface area contributed by atoms with Crippen molar-refractivity contribution in [2.75, 3.05) is 5.21 Å². The summed E-state index contributed by atoms with van der Waals surface area (Å²) in [5, 5.41) is -0.433. The van der Waals surface area contributed by atoms with Crippen LogP contribution in [0.3, 0.4) is 0 Å². The number of sulfonamides is 1. The van der Waals surface area contributed by atoms with Gasteiger partial charge in [-0.05, 0) is 18.6 Å². The summed E-state index contributed by atoms with van der Waals surface area (Å²) < 4.78 is 24.7. The molecule has 4 nitrogen and oxygen atoms in total. The molecule has 6 heteroatoms. The maximum atomic E-state index is 11.1. The van der Waals surface area contributed by atoms with Crippen LogP contribution in [0, 0.1) is 0 Å². The zero-order chi connectivity index (χ0) is 10.6. The van der Waals surface area contributed by atoms with Gasteiger partial charge in [-0.25, -0.2) is 13.1 Å². The van der Waals surface area contributed by atoms with Crippen LogP contribution < -0.4 is 4.72 Å². The Morgan fingerprint density at radius 1 is 1.64 bits per heavy atom. The summed E-state index contributed by atoms with van der Waals surface area (Å²) in [6.07, 6.45) is 3.24. The van der Waals surface area contributed by atoms with Gasteiger partial charge in [0, 0.05) is 18.4 Å². The number of alkyl halides is 1. The lowest BCUT2D eigenvalue weighted by Gasteiger charge is -2.12. The molecule has 1 atom stereocenters. The van der Waals surface area contributed by atoms with Crippen molar-refractivity contribution < 1.29 is 8.42 Å². The molecule has 1 N–H and O–H groups in total. The quantitative estimate of drug-likeness (QED) is 0.798. The highest BCUT2D eigenvalue weighted by Crippen LogP contribution is 2.11. The largest absolute Gasteiger partial charge is 0.264 e. The van der Waals surface area contributed by atoms with Crippen molar-refractivity contribution in [2.45, 2.75) is 13.0 Å². The van der Waals surface area contributed by atoms with Crippen LogP contribution in [0.15, 0.2) is 24.5 Å². The molecule has 0 spiro atoms. The summed E-state index contributed by atoms with van der Waals surface area (Å²) >= 11 is 5.26. The highest BCUT2D eigenvalue weighted by molar-refractivity contribution is 7.90. The Labute approximate surface area is 88.4 Å². The lowest BCUT2D eigenvalue weighted by atomic mass is 10.2. The van der Waals surface area contributed by atoms with Gasteiger partial charge in [-0.3, -0.25) is 4.98 Å². The first-order valence-electron chi connectivity index (χ1n) is 4.01. The monoisotopic (exact) mass is 234 g/mol.